The predicted molar refractivity (Wildman–Crippen MR) is 78.9 cm³/mol. The minimum atomic E-state index is -2.55. The number of nitrogens with zero attached hydrogens (tertiary/aromatic N) is 1. The molecule has 0 spiro atoms. The first kappa shape index (κ1) is 17.0. The van der Waals surface area contributed by atoms with Crippen LogP contribution in [0.4, 0.5) is 19.3 Å². The Morgan fingerprint density at radius 2 is 2.04 bits per heavy atom. The van der Waals surface area contributed by atoms with Crippen molar-refractivity contribution in [2.24, 2.45) is 5.92 Å². The van der Waals surface area contributed by atoms with E-state index in [-0.39, 0.29) is 18.3 Å². The van der Waals surface area contributed by atoms with Gasteiger partial charge < -0.3 is 20.1 Å². The molecule has 1 aromatic rings. The molecule has 6 nitrogen and oxygen atoms in total. The van der Waals surface area contributed by atoms with Crippen molar-refractivity contribution in [3.05, 3.63) is 24.3 Å². The largest absolute Gasteiger partial charge is 0.488 e. The normalized spacial score (nSPS) is 17.9. The zero-order chi connectivity index (χ0) is 16.8. The fourth-order valence-corrected chi connectivity index (χ4v) is 2.36. The van der Waals surface area contributed by atoms with E-state index in [1.54, 1.807) is 0 Å². The maximum absolute atomic E-state index is 12.1. The first-order valence-electron chi connectivity index (χ1n) is 7.25. The molecule has 126 valence electrons. The maximum Gasteiger partial charge on any atom is 0.321 e. The molecular formula is C15H18F2N2O4. The molecule has 2 N–H and O–H groups in total. The van der Waals surface area contributed by atoms with Gasteiger partial charge in [0.2, 0.25) is 0 Å². The van der Waals surface area contributed by atoms with Gasteiger partial charge in [-0.1, -0.05) is 0 Å². The molecule has 2 amide bonds. The van der Waals surface area contributed by atoms with Gasteiger partial charge in [0, 0.05) is 18.8 Å². The third-order valence-electron chi connectivity index (χ3n) is 3.54. The number of carbonyl (C=O) groups is 2. The number of carboxylic acids is 1. The number of hydrogen-bond acceptors (Lipinski definition) is 3. The summed E-state index contributed by atoms with van der Waals surface area (Å²) in [5.41, 5.74) is 0.483. The molecule has 0 bridgehead atoms. The number of hydrogen-bond donors (Lipinski definition) is 2. The van der Waals surface area contributed by atoms with E-state index in [1.807, 2.05) is 0 Å². The van der Waals surface area contributed by atoms with E-state index in [2.05, 4.69) is 5.32 Å². The second kappa shape index (κ2) is 7.75. The quantitative estimate of drug-likeness (QED) is 0.871. The number of carbonyl (C=O) groups excluding carboxylic acids is 1. The lowest BCUT2D eigenvalue weighted by Crippen LogP contribution is -2.44. The molecular weight excluding hydrogens is 310 g/mol. The molecule has 0 saturated carbocycles. The molecule has 1 aromatic carbocycles. The SMILES string of the molecule is O=C(O)C1CCCN(C(=O)Nc2ccc(OCC(F)F)cc2)C1. The van der Waals surface area contributed by atoms with E-state index in [0.717, 1.165) is 0 Å². The van der Waals surface area contributed by atoms with Gasteiger partial charge in [-0.2, -0.15) is 0 Å². The highest BCUT2D eigenvalue weighted by Crippen LogP contribution is 2.20. The number of aliphatic carboxylic acids is 1. The predicted octanol–water partition coefficient (Wildman–Crippen LogP) is 2.66. The lowest BCUT2D eigenvalue weighted by atomic mass is 9.99. The Morgan fingerprint density at radius 3 is 2.65 bits per heavy atom. The molecule has 0 aliphatic carbocycles. The molecule has 2 rings (SSSR count). The third kappa shape index (κ3) is 5.08. The van der Waals surface area contributed by atoms with E-state index in [1.165, 1.54) is 29.2 Å². The van der Waals surface area contributed by atoms with Gasteiger partial charge in [-0.25, -0.2) is 13.6 Å². The number of benzene rings is 1. The summed E-state index contributed by atoms with van der Waals surface area (Å²) in [6.45, 7) is -0.00198. The number of carboxylic acid groups (broad SMARTS) is 1. The molecule has 8 heteroatoms. The average molecular weight is 328 g/mol. The maximum atomic E-state index is 12.1. The van der Waals surface area contributed by atoms with Crippen LogP contribution in [0.3, 0.4) is 0 Å². The summed E-state index contributed by atoms with van der Waals surface area (Å²) in [7, 11) is 0. The zero-order valence-electron chi connectivity index (χ0n) is 12.4. The van der Waals surface area contributed by atoms with Gasteiger partial charge in [-0.3, -0.25) is 4.79 Å². The summed E-state index contributed by atoms with van der Waals surface area (Å²) in [4.78, 5) is 24.6. The summed E-state index contributed by atoms with van der Waals surface area (Å²) in [5, 5.41) is 11.7. The fraction of sp³-hybridized carbons (Fsp3) is 0.467. The molecule has 0 aromatic heterocycles. The standard InChI is InChI=1S/C15H18F2N2O4/c16-13(17)9-23-12-5-3-11(4-6-12)18-15(22)19-7-1-2-10(8-19)14(20)21/h3-6,10,13H,1-2,7-9H2,(H,18,22)(H,20,21). The Bertz CT molecular complexity index is 551. The number of anilines is 1. The van der Waals surface area contributed by atoms with Crippen molar-refractivity contribution in [3.63, 3.8) is 0 Å². The number of amides is 2. The van der Waals surface area contributed by atoms with Crippen molar-refractivity contribution >= 4 is 17.7 Å². The Morgan fingerprint density at radius 1 is 1.35 bits per heavy atom. The van der Waals surface area contributed by atoms with Crippen LogP contribution < -0.4 is 10.1 Å². The third-order valence-corrected chi connectivity index (χ3v) is 3.54. The molecule has 1 heterocycles. The van der Waals surface area contributed by atoms with Crippen molar-refractivity contribution in [2.45, 2.75) is 19.3 Å². The highest BCUT2D eigenvalue weighted by molar-refractivity contribution is 5.89. The molecule has 1 aliphatic heterocycles. The van der Waals surface area contributed by atoms with Crippen molar-refractivity contribution in [1.82, 2.24) is 4.90 Å². The number of halogens is 2. The lowest BCUT2D eigenvalue weighted by Gasteiger charge is -2.30. The van der Waals surface area contributed by atoms with Crippen LogP contribution in [0, 0.1) is 5.92 Å². The van der Waals surface area contributed by atoms with Gasteiger partial charge in [-0.15, -0.1) is 0 Å². The van der Waals surface area contributed by atoms with Gasteiger partial charge in [0.15, 0.2) is 0 Å². The highest BCUT2D eigenvalue weighted by Gasteiger charge is 2.28. The van der Waals surface area contributed by atoms with Gasteiger partial charge in [0.05, 0.1) is 5.92 Å². The highest BCUT2D eigenvalue weighted by atomic mass is 19.3. The number of likely N-dealkylation sites (tertiary alicyclic amines) is 1. The number of piperidine rings is 1. The van der Waals surface area contributed by atoms with E-state index >= 15 is 0 Å². The lowest BCUT2D eigenvalue weighted by molar-refractivity contribution is -0.143. The van der Waals surface area contributed by atoms with Crippen LogP contribution in [0.5, 0.6) is 5.75 Å². The Hall–Kier alpha value is -2.38. The molecule has 0 radical (unpaired) electrons. The number of ether oxygens (including phenoxy) is 1. The van der Waals surface area contributed by atoms with Crippen LogP contribution in [0.15, 0.2) is 24.3 Å². The summed E-state index contributed by atoms with van der Waals surface area (Å²) in [6.07, 6.45) is -1.34. The fourth-order valence-electron chi connectivity index (χ4n) is 2.36. The van der Waals surface area contributed by atoms with E-state index in [0.29, 0.717) is 25.1 Å². The first-order chi connectivity index (χ1) is 11.0. The minimum Gasteiger partial charge on any atom is -0.488 e. The molecule has 1 atom stereocenters. The summed E-state index contributed by atoms with van der Waals surface area (Å²) in [5.74, 6) is -1.16. The van der Waals surface area contributed by atoms with Crippen LogP contribution in [0.2, 0.25) is 0 Å². The van der Waals surface area contributed by atoms with Crippen LogP contribution in [-0.4, -0.2) is 48.1 Å². The Balaban J connectivity index is 1.88. The van der Waals surface area contributed by atoms with E-state index < -0.39 is 24.9 Å². The zero-order valence-corrected chi connectivity index (χ0v) is 12.4. The van der Waals surface area contributed by atoms with Crippen LogP contribution in [0.1, 0.15) is 12.8 Å². The number of nitrogens with one attached hydrogen (secondary N) is 1. The second-order valence-electron chi connectivity index (χ2n) is 5.28. The van der Waals surface area contributed by atoms with E-state index in [9.17, 15) is 18.4 Å². The summed E-state index contributed by atoms with van der Waals surface area (Å²) < 4.78 is 28.9. The van der Waals surface area contributed by atoms with Crippen molar-refractivity contribution in [1.29, 1.82) is 0 Å². The van der Waals surface area contributed by atoms with Crippen molar-refractivity contribution in [2.75, 3.05) is 25.0 Å². The van der Waals surface area contributed by atoms with Crippen molar-refractivity contribution in [3.8, 4) is 5.75 Å². The number of alkyl halides is 2. The topological polar surface area (TPSA) is 78.9 Å². The van der Waals surface area contributed by atoms with Gasteiger partial charge in [0.25, 0.3) is 6.43 Å². The van der Waals surface area contributed by atoms with Crippen molar-refractivity contribution < 1.29 is 28.2 Å². The smallest absolute Gasteiger partial charge is 0.321 e. The van der Waals surface area contributed by atoms with Crippen LogP contribution in [0.25, 0.3) is 0 Å². The second-order valence-corrected chi connectivity index (χ2v) is 5.28. The molecule has 1 saturated heterocycles. The molecule has 1 aliphatic rings. The van der Waals surface area contributed by atoms with E-state index in [4.69, 9.17) is 9.84 Å². The minimum absolute atomic E-state index is 0.177. The van der Waals surface area contributed by atoms with Gasteiger partial charge in [-0.05, 0) is 37.1 Å². The molecule has 1 fully saturated rings. The number of urea groups is 1. The Kier molecular flexibility index (Phi) is 5.72. The summed E-state index contributed by atoms with van der Waals surface area (Å²) in [6, 6.07) is 5.66. The van der Waals surface area contributed by atoms with Gasteiger partial charge in [0.1, 0.15) is 12.4 Å². The monoisotopic (exact) mass is 328 g/mol. The number of rotatable bonds is 5. The van der Waals surface area contributed by atoms with Gasteiger partial charge >= 0.3 is 12.0 Å². The molecule has 1 unspecified atom stereocenters. The average Bonchev–Trinajstić information content (AvgIpc) is 2.54. The first-order valence-corrected chi connectivity index (χ1v) is 7.25. The molecule has 23 heavy (non-hydrogen) atoms. The van der Waals surface area contributed by atoms with Crippen LogP contribution >= 0.6 is 0 Å². The van der Waals surface area contributed by atoms with Crippen LogP contribution in [-0.2, 0) is 4.79 Å². The summed E-state index contributed by atoms with van der Waals surface area (Å²) >= 11 is 0. The Labute approximate surface area is 132 Å².